The Labute approximate surface area is 150 Å². The second-order valence-corrected chi connectivity index (χ2v) is 6.59. The molecule has 0 unspecified atom stereocenters. The van der Waals surface area contributed by atoms with E-state index in [0.717, 1.165) is 21.9 Å². The number of thioether (sulfide) groups is 1. The van der Waals surface area contributed by atoms with Crippen molar-refractivity contribution >= 4 is 39.3 Å². The Morgan fingerprint density at radius 1 is 1.17 bits per heavy atom. The molecule has 1 heterocycles. The summed E-state index contributed by atoms with van der Waals surface area (Å²) in [5.74, 6) is -0.135. The molecule has 6 nitrogen and oxygen atoms in total. The number of nitrogens with one attached hydrogen (secondary N) is 2. The number of aromatic amines is 1. The summed E-state index contributed by atoms with van der Waals surface area (Å²) in [5, 5.41) is 5.64. The van der Waals surface area contributed by atoms with Gasteiger partial charge in [-0.15, -0.1) is 0 Å². The van der Waals surface area contributed by atoms with Crippen molar-refractivity contribution < 1.29 is 14.0 Å². The van der Waals surface area contributed by atoms with Gasteiger partial charge in [0.2, 0.25) is 11.6 Å². The number of hydrogen-bond donors (Lipinski definition) is 2. The molecule has 3 rings (SSSR count). The maximum Gasteiger partial charge on any atom is 0.442 e. The van der Waals surface area contributed by atoms with Crippen LogP contribution >= 0.6 is 27.7 Å². The molecule has 0 saturated carbocycles. The summed E-state index contributed by atoms with van der Waals surface area (Å²) >= 11 is 4.48. The van der Waals surface area contributed by atoms with Crippen molar-refractivity contribution in [1.29, 1.82) is 0 Å². The molecule has 0 atom stereocenters. The van der Waals surface area contributed by atoms with Gasteiger partial charge in [0.05, 0.1) is 11.4 Å². The molecule has 8 heteroatoms. The maximum atomic E-state index is 12.1. The Hall–Kier alpha value is -2.32. The highest BCUT2D eigenvalue weighted by Gasteiger charge is 2.24. The average Bonchev–Trinajstić information content (AvgIpc) is 2.97. The minimum absolute atomic E-state index is 0.0801. The number of benzene rings is 2. The van der Waals surface area contributed by atoms with Gasteiger partial charge in [-0.1, -0.05) is 30.3 Å². The first-order valence-electron chi connectivity index (χ1n) is 7.01. The lowest BCUT2D eigenvalue weighted by Gasteiger charge is -2.05. The van der Waals surface area contributed by atoms with Gasteiger partial charge in [0.25, 0.3) is 0 Å². The minimum atomic E-state index is -0.516. The number of para-hydroxylation sites is 2. The fraction of sp³-hybridized carbons (Fsp3) is 0.0625. The second-order valence-electron chi connectivity index (χ2n) is 4.77. The van der Waals surface area contributed by atoms with Crippen LogP contribution in [-0.4, -0.2) is 16.9 Å². The number of rotatable bonds is 5. The fourth-order valence-corrected chi connectivity index (χ4v) is 3.17. The van der Waals surface area contributed by atoms with Crippen LogP contribution in [0.5, 0.6) is 0 Å². The van der Waals surface area contributed by atoms with E-state index in [1.54, 1.807) is 6.07 Å². The molecule has 0 saturated heterocycles. The summed E-state index contributed by atoms with van der Waals surface area (Å²) in [5.41, 5.74) is 0.912. The van der Waals surface area contributed by atoms with Crippen molar-refractivity contribution in [2.45, 2.75) is 5.03 Å². The lowest BCUT2D eigenvalue weighted by molar-refractivity contribution is -0.704. The monoisotopic (exact) mass is 406 g/mol. The van der Waals surface area contributed by atoms with Crippen molar-refractivity contribution in [1.82, 2.24) is 5.27 Å². The van der Waals surface area contributed by atoms with Gasteiger partial charge in [0, 0.05) is 16.6 Å². The third kappa shape index (κ3) is 3.77. The number of nitrogens with zero attached hydrogens (tertiary/aromatic N) is 1. The number of aromatic nitrogens is 2. The van der Waals surface area contributed by atoms with E-state index < -0.39 is 5.63 Å². The van der Waals surface area contributed by atoms with E-state index in [2.05, 4.69) is 26.5 Å². The molecule has 2 aromatic carbocycles. The van der Waals surface area contributed by atoms with Crippen molar-refractivity contribution in [3.8, 4) is 5.69 Å². The van der Waals surface area contributed by atoms with E-state index >= 15 is 0 Å². The van der Waals surface area contributed by atoms with Crippen molar-refractivity contribution in [2.75, 3.05) is 11.1 Å². The number of halogens is 1. The van der Waals surface area contributed by atoms with Gasteiger partial charge in [-0.25, -0.2) is 4.79 Å². The van der Waals surface area contributed by atoms with Crippen molar-refractivity contribution in [3.05, 3.63) is 69.5 Å². The molecule has 3 aromatic rings. The number of H-pyrrole nitrogens is 1. The van der Waals surface area contributed by atoms with Crippen LogP contribution < -0.4 is 15.6 Å². The van der Waals surface area contributed by atoms with Crippen molar-refractivity contribution in [2.24, 2.45) is 0 Å². The lowest BCUT2D eigenvalue weighted by atomic mass is 10.3. The minimum Gasteiger partial charge on any atom is -0.324 e. The molecule has 0 bridgehead atoms. The number of amides is 1. The van der Waals surface area contributed by atoms with Gasteiger partial charge in [-0.05, 0) is 49.8 Å². The lowest BCUT2D eigenvalue weighted by Crippen LogP contribution is -2.36. The van der Waals surface area contributed by atoms with E-state index in [0.29, 0.717) is 10.7 Å². The fourth-order valence-electron chi connectivity index (χ4n) is 2.02. The van der Waals surface area contributed by atoms with Gasteiger partial charge in [-0.2, -0.15) is 0 Å². The normalized spacial score (nSPS) is 10.5. The summed E-state index contributed by atoms with van der Waals surface area (Å²) in [6.07, 6.45) is 0. The van der Waals surface area contributed by atoms with E-state index in [4.69, 9.17) is 4.52 Å². The zero-order chi connectivity index (χ0) is 16.9. The average molecular weight is 407 g/mol. The SMILES string of the molecule is O=C(CSc1c(=O)o[nH][n+]1-c1ccccc1)Nc1ccccc1Br. The summed E-state index contributed by atoms with van der Waals surface area (Å²) in [6.45, 7) is 0. The van der Waals surface area contributed by atoms with Crippen LogP contribution in [0, 0.1) is 0 Å². The molecule has 0 aliphatic rings. The van der Waals surface area contributed by atoms with E-state index in [-0.39, 0.29) is 11.7 Å². The Morgan fingerprint density at radius 2 is 1.88 bits per heavy atom. The molecule has 1 aromatic heterocycles. The van der Waals surface area contributed by atoms with Crippen molar-refractivity contribution in [3.63, 3.8) is 0 Å². The third-order valence-electron chi connectivity index (χ3n) is 3.11. The molecular weight excluding hydrogens is 394 g/mol. The van der Waals surface area contributed by atoms with Crippen LogP contribution in [0.4, 0.5) is 5.69 Å². The second kappa shape index (κ2) is 7.50. The maximum absolute atomic E-state index is 12.1. The third-order valence-corrected chi connectivity index (χ3v) is 4.83. The highest BCUT2D eigenvalue weighted by atomic mass is 79.9. The molecule has 0 radical (unpaired) electrons. The Kier molecular flexibility index (Phi) is 5.17. The van der Waals surface area contributed by atoms with Gasteiger partial charge in [0.15, 0.2) is 0 Å². The van der Waals surface area contributed by atoms with E-state index in [1.807, 2.05) is 48.5 Å². The summed E-state index contributed by atoms with van der Waals surface area (Å²) in [4.78, 5) is 24.0. The molecule has 0 fully saturated rings. The van der Waals surface area contributed by atoms with E-state index in [1.165, 1.54) is 4.68 Å². The summed E-state index contributed by atoms with van der Waals surface area (Å²) in [7, 11) is 0. The molecular formula is C16H13BrN3O3S+. The molecule has 2 N–H and O–H groups in total. The van der Waals surface area contributed by atoms with Crippen LogP contribution in [0.3, 0.4) is 0 Å². The summed E-state index contributed by atoms with van der Waals surface area (Å²) in [6, 6.07) is 16.6. The van der Waals surface area contributed by atoms with Gasteiger partial charge >= 0.3 is 10.7 Å². The zero-order valence-corrected chi connectivity index (χ0v) is 14.8. The molecule has 0 aliphatic heterocycles. The molecule has 0 aliphatic carbocycles. The largest absolute Gasteiger partial charge is 0.442 e. The quantitative estimate of drug-likeness (QED) is 0.504. The Bertz CT molecular complexity index is 908. The first-order chi connectivity index (χ1) is 11.6. The van der Waals surface area contributed by atoms with Crippen LogP contribution in [0.15, 0.2) is 73.4 Å². The number of hydrogen-bond acceptors (Lipinski definition) is 4. The number of carbonyl (C=O) groups excluding carboxylic acids is 1. The molecule has 1 amide bonds. The first kappa shape index (κ1) is 16.5. The molecule has 0 spiro atoms. The number of anilines is 1. The van der Waals surface area contributed by atoms with Gasteiger partial charge in [0.1, 0.15) is 0 Å². The Balaban J connectivity index is 1.71. The van der Waals surface area contributed by atoms with Crippen LogP contribution in [0.1, 0.15) is 0 Å². The smallest absolute Gasteiger partial charge is 0.324 e. The highest BCUT2D eigenvalue weighted by Crippen LogP contribution is 2.21. The predicted octanol–water partition coefficient (Wildman–Crippen LogP) is 2.74. The van der Waals surface area contributed by atoms with Gasteiger partial charge < -0.3 is 5.32 Å². The predicted molar refractivity (Wildman–Crippen MR) is 94.4 cm³/mol. The summed E-state index contributed by atoms with van der Waals surface area (Å²) < 4.78 is 7.15. The molecule has 122 valence electrons. The topological polar surface area (TPSA) is 79.0 Å². The standard InChI is InChI=1S/C16H12BrN3O3S/c17-12-8-4-5-9-13(12)18-14(21)10-24-15-16(22)23-19-20(15)11-6-2-1-3-7-11/h1-9H,10H2,(H-,18,19,21,22)/p+1. The highest BCUT2D eigenvalue weighted by molar-refractivity contribution is 9.10. The molecule has 24 heavy (non-hydrogen) atoms. The first-order valence-corrected chi connectivity index (χ1v) is 8.79. The van der Waals surface area contributed by atoms with E-state index in [9.17, 15) is 9.59 Å². The Morgan fingerprint density at radius 3 is 2.62 bits per heavy atom. The zero-order valence-electron chi connectivity index (χ0n) is 12.4. The van der Waals surface area contributed by atoms with Crippen LogP contribution in [0.2, 0.25) is 0 Å². The number of carbonyl (C=O) groups is 1. The van der Waals surface area contributed by atoms with Crippen LogP contribution in [0.25, 0.3) is 5.69 Å². The van der Waals surface area contributed by atoms with Crippen LogP contribution in [-0.2, 0) is 4.79 Å². The van der Waals surface area contributed by atoms with Gasteiger partial charge in [-0.3, -0.25) is 9.32 Å².